The van der Waals surface area contributed by atoms with Crippen LogP contribution in [0.1, 0.15) is 27.7 Å². The third-order valence-corrected chi connectivity index (χ3v) is 2.68. The smallest absolute Gasteiger partial charge is 0.221 e. The van der Waals surface area contributed by atoms with E-state index in [1.165, 1.54) is 12.4 Å². The van der Waals surface area contributed by atoms with E-state index in [9.17, 15) is 10.1 Å². The molecule has 1 unspecified atom stereocenters. The number of carbonyl (C=O) groups excluding carboxylic acids is 1. The van der Waals surface area contributed by atoms with Gasteiger partial charge in [0.15, 0.2) is 5.82 Å². The maximum absolute atomic E-state index is 12.2. The summed E-state index contributed by atoms with van der Waals surface area (Å²) in [6.07, 6.45) is 2.99. The van der Waals surface area contributed by atoms with Crippen LogP contribution in [0.4, 0.5) is 0 Å². The molecule has 1 atom stereocenters. The summed E-state index contributed by atoms with van der Waals surface area (Å²) in [7, 11) is 0. The molecule has 1 heterocycles. The number of aryl methyl sites for hydroxylation is 1. The predicted octanol–water partition coefficient (Wildman–Crippen LogP) is 2.28. The molecule has 0 aliphatic carbocycles. The van der Waals surface area contributed by atoms with Gasteiger partial charge in [-0.25, -0.2) is 9.97 Å². The number of aromatic nitrogens is 2. The number of hydrogen-bond donors (Lipinski definition) is 0. The van der Waals surface area contributed by atoms with Gasteiger partial charge in [0.1, 0.15) is 5.92 Å². The number of rotatable bonds is 3. The van der Waals surface area contributed by atoms with Gasteiger partial charge < -0.3 is 0 Å². The van der Waals surface area contributed by atoms with Gasteiger partial charge in [0.05, 0.1) is 6.07 Å². The van der Waals surface area contributed by atoms with Crippen molar-refractivity contribution in [1.29, 1.82) is 5.26 Å². The maximum Gasteiger partial charge on any atom is 0.221 e. The van der Waals surface area contributed by atoms with Gasteiger partial charge in [-0.2, -0.15) is 5.26 Å². The lowest BCUT2D eigenvalue weighted by Gasteiger charge is -2.10. The first kappa shape index (κ1) is 11.9. The van der Waals surface area contributed by atoms with E-state index >= 15 is 0 Å². The molecular weight excluding hydrogens is 226 g/mol. The summed E-state index contributed by atoms with van der Waals surface area (Å²) in [5, 5.41) is 9.21. The van der Waals surface area contributed by atoms with Gasteiger partial charge in [0.2, 0.25) is 5.78 Å². The Hall–Kier alpha value is -2.54. The quantitative estimate of drug-likeness (QED) is 0.768. The van der Waals surface area contributed by atoms with Crippen molar-refractivity contribution in [1.82, 2.24) is 9.97 Å². The number of Topliss-reactive ketones (excluding diaryl/α,β-unsaturated/α-hetero) is 1. The Balaban J connectivity index is 2.40. The molecule has 2 rings (SSSR count). The van der Waals surface area contributed by atoms with Crippen LogP contribution in [0, 0.1) is 18.3 Å². The van der Waals surface area contributed by atoms with Crippen molar-refractivity contribution in [3.63, 3.8) is 0 Å². The highest BCUT2D eigenvalue weighted by molar-refractivity contribution is 5.99. The largest absolute Gasteiger partial charge is 0.289 e. The molecule has 1 aromatic carbocycles. The van der Waals surface area contributed by atoms with E-state index < -0.39 is 5.92 Å². The van der Waals surface area contributed by atoms with E-state index in [4.69, 9.17) is 0 Å². The van der Waals surface area contributed by atoms with Gasteiger partial charge in [0.25, 0.3) is 0 Å². The standard InChI is InChI=1S/C14H11N3O/c1-10-5-2-3-6-11(10)12(9-15)13(18)14-16-7-4-8-17-14/h2-8,12H,1H3. The topological polar surface area (TPSA) is 66.6 Å². The second kappa shape index (κ2) is 5.19. The average Bonchev–Trinajstić information content (AvgIpc) is 2.42. The molecule has 0 fully saturated rings. The Kier molecular flexibility index (Phi) is 3.44. The van der Waals surface area contributed by atoms with Crippen LogP contribution in [0.2, 0.25) is 0 Å². The van der Waals surface area contributed by atoms with Gasteiger partial charge in [-0.05, 0) is 24.1 Å². The van der Waals surface area contributed by atoms with Crippen LogP contribution in [0.25, 0.3) is 0 Å². The number of hydrogen-bond acceptors (Lipinski definition) is 4. The van der Waals surface area contributed by atoms with Crippen LogP contribution in [0.15, 0.2) is 42.7 Å². The summed E-state index contributed by atoms with van der Waals surface area (Å²) < 4.78 is 0. The zero-order valence-corrected chi connectivity index (χ0v) is 9.87. The first-order valence-corrected chi connectivity index (χ1v) is 5.50. The monoisotopic (exact) mass is 237 g/mol. The molecule has 18 heavy (non-hydrogen) atoms. The SMILES string of the molecule is Cc1ccccc1C(C#N)C(=O)c1ncccn1. The van der Waals surface area contributed by atoms with Crippen LogP contribution in [-0.4, -0.2) is 15.8 Å². The molecule has 0 N–H and O–H groups in total. The van der Waals surface area contributed by atoms with Crippen molar-refractivity contribution in [2.24, 2.45) is 0 Å². The lowest BCUT2D eigenvalue weighted by Crippen LogP contribution is -2.15. The summed E-state index contributed by atoms with van der Waals surface area (Å²) in [5.41, 5.74) is 1.62. The second-order valence-electron chi connectivity index (χ2n) is 3.86. The van der Waals surface area contributed by atoms with E-state index in [2.05, 4.69) is 9.97 Å². The first-order chi connectivity index (χ1) is 8.74. The highest BCUT2D eigenvalue weighted by atomic mass is 16.1. The maximum atomic E-state index is 12.2. The number of carbonyl (C=O) groups is 1. The minimum absolute atomic E-state index is 0.0762. The molecule has 0 radical (unpaired) electrons. The lowest BCUT2D eigenvalue weighted by molar-refractivity contribution is 0.0968. The van der Waals surface area contributed by atoms with Crippen molar-refractivity contribution < 1.29 is 4.79 Å². The van der Waals surface area contributed by atoms with Crippen molar-refractivity contribution in [3.8, 4) is 6.07 Å². The Morgan fingerprint density at radius 2 is 1.89 bits per heavy atom. The molecule has 2 aromatic rings. The van der Waals surface area contributed by atoms with E-state index in [1.54, 1.807) is 12.1 Å². The zero-order chi connectivity index (χ0) is 13.0. The Labute approximate surface area is 105 Å². The number of nitrogens with zero attached hydrogens (tertiary/aromatic N) is 3. The van der Waals surface area contributed by atoms with E-state index in [0.717, 1.165) is 5.56 Å². The fourth-order valence-corrected chi connectivity index (χ4v) is 1.74. The van der Waals surface area contributed by atoms with Gasteiger partial charge in [0, 0.05) is 12.4 Å². The number of benzene rings is 1. The Morgan fingerprint density at radius 1 is 1.22 bits per heavy atom. The summed E-state index contributed by atoms with van der Waals surface area (Å²) >= 11 is 0. The van der Waals surface area contributed by atoms with Crippen LogP contribution >= 0.6 is 0 Å². The summed E-state index contributed by atoms with van der Waals surface area (Å²) in [5.74, 6) is -1.15. The first-order valence-electron chi connectivity index (χ1n) is 5.50. The van der Waals surface area contributed by atoms with Gasteiger partial charge in [-0.3, -0.25) is 4.79 Å². The van der Waals surface area contributed by atoms with Gasteiger partial charge in [-0.1, -0.05) is 24.3 Å². The summed E-state index contributed by atoms with van der Waals surface area (Å²) in [4.78, 5) is 20.0. The lowest BCUT2D eigenvalue weighted by atomic mass is 9.92. The normalized spacial score (nSPS) is 11.6. The van der Waals surface area contributed by atoms with Crippen LogP contribution < -0.4 is 0 Å². The molecule has 0 saturated carbocycles. The summed E-state index contributed by atoms with van der Waals surface area (Å²) in [6, 6.07) is 11.0. The molecule has 88 valence electrons. The molecule has 4 nitrogen and oxygen atoms in total. The number of nitriles is 1. The zero-order valence-electron chi connectivity index (χ0n) is 9.87. The van der Waals surface area contributed by atoms with Gasteiger partial charge in [-0.15, -0.1) is 0 Å². The third kappa shape index (κ3) is 2.25. The average molecular weight is 237 g/mol. The fourth-order valence-electron chi connectivity index (χ4n) is 1.74. The molecule has 0 aliphatic rings. The molecule has 0 saturated heterocycles. The Morgan fingerprint density at radius 3 is 2.50 bits per heavy atom. The molecule has 0 amide bonds. The van der Waals surface area contributed by atoms with E-state index in [0.29, 0.717) is 5.56 Å². The fraction of sp³-hybridized carbons (Fsp3) is 0.143. The third-order valence-electron chi connectivity index (χ3n) is 2.68. The van der Waals surface area contributed by atoms with Crippen molar-refractivity contribution >= 4 is 5.78 Å². The summed E-state index contributed by atoms with van der Waals surface area (Å²) in [6.45, 7) is 1.87. The minimum atomic E-state index is -0.853. The molecule has 0 bridgehead atoms. The molecule has 0 spiro atoms. The van der Waals surface area contributed by atoms with Crippen LogP contribution in [0.3, 0.4) is 0 Å². The minimum Gasteiger partial charge on any atom is -0.289 e. The van der Waals surface area contributed by atoms with Crippen molar-refractivity contribution in [2.45, 2.75) is 12.8 Å². The van der Waals surface area contributed by atoms with Crippen LogP contribution in [-0.2, 0) is 0 Å². The molecule has 4 heteroatoms. The van der Waals surface area contributed by atoms with E-state index in [-0.39, 0.29) is 11.6 Å². The van der Waals surface area contributed by atoms with Crippen LogP contribution in [0.5, 0.6) is 0 Å². The Bertz CT molecular complexity index is 602. The van der Waals surface area contributed by atoms with E-state index in [1.807, 2.05) is 31.2 Å². The number of ketones is 1. The van der Waals surface area contributed by atoms with Crippen molar-refractivity contribution in [3.05, 3.63) is 59.7 Å². The highest BCUT2D eigenvalue weighted by Gasteiger charge is 2.24. The second-order valence-corrected chi connectivity index (χ2v) is 3.86. The molecule has 1 aromatic heterocycles. The molecule has 0 aliphatic heterocycles. The van der Waals surface area contributed by atoms with Gasteiger partial charge >= 0.3 is 0 Å². The highest BCUT2D eigenvalue weighted by Crippen LogP contribution is 2.21. The predicted molar refractivity (Wildman–Crippen MR) is 65.9 cm³/mol. The molecular formula is C14H11N3O. The van der Waals surface area contributed by atoms with Crippen molar-refractivity contribution in [2.75, 3.05) is 0 Å².